The highest BCUT2D eigenvalue weighted by Gasteiger charge is 2.20. The third kappa shape index (κ3) is 6.57. The van der Waals surface area contributed by atoms with Crippen molar-refractivity contribution in [2.45, 2.75) is 35.8 Å². The van der Waals surface area contributed by atoms with Crippen LogP contribution in [0.3, 0.4) is 0 Å². The van der Waals surface area contributed by atoms with Gasteiger partial charge in [0.25, 0.3) is 0 Å². The van der Waals surface area contributed by atoms with Gasteiger partial charge in [-0.25, -0.2) is 30.7 Å². The minimum absolute atomic E-state index is 0.0632. The number of aryl methyl sites for hydroxylation is 1. The lowest BCUT2D eigenvalue weighted by Crippen LogP contribution is -2.33. The number of hydrogen-bond donors (Lipinski definition) is 3. The largest absolute Gasteiger partial charge is 0.324 e. The Kier molecular flexibility index (Phi) is 7.88. The molecule has 0 aliphatic heterocycles. The molecule has 0 atom stereocenters. The summed E-state index contributed by atoms with van der Waals surface area (Å²) < 4.78 is 66.4. The van der Waals surface area contributed by atoms with Crippen LogP contribution in [0.25, 0.3) is 0 Å². The summed E-state index contributed by atoms with van der Waals surface area (Å²) in [6, 6.07) is 5.50. The monoisotopic (exact) mass is 463 g/mol. The molecule has 0 aliphatic carbocycles. The number of carbonyl (C=O) groups is 1. The van der Waals surface area contributed by atoms with Crippen LogP contribution in [0.15, 0.2) is 39.4 Å². The fourth-order valence-electron chi connectivity index (χ4n) is 2.22. The van der Waals surface area contributed by atoms with Crippen molar-refractivity contribution in [1.29, 1.82) is 0 Å². The minimum Gasteiger partial charge on any atom is -0.324 e. The fourth-order valence-corrected chi connectivity index (χ4v) is 5.72. The molecule has 1 amide bonds. The molecule has 160 valence electrons. The van der Waals surface area contributed by atoms with Crippen LogP contribution in [-0.2, 0) is 24.8 Å². The number of hydrogen-bond acceptors (Lipinski definition) is 6. The second-order valence-corrected chi connectivity index (χ2v) is 11.1. The van der Waals surface area contributed by atoms with Gasteiger partial charge in [0.1, 0.15) is 10.0 Å². The number of sulfonamides is 2. The lowest BCUT2D eigenvalue weighted by Gasteiger charge is -2.07. The highest BCUT2D eigenvalue weighted by molar-refractivity contribution is 7.91. The highest BCUT2D eigenvalue weighted by atomic mass is 32.2. The molecule has 1 aromatic heterocycles. The molecule has 2 rings (SSSR count). The van der Waals surface area contributed by atoms with E-state index in [4.69, 9.17) is 0 Å². The van der Waals surface area contributed by atoms with E-state index >= 15 is 0 Å². The van der Waals surface area contributed by atoms with E-state index in [1.165, 1.54) is 6.07 Å². The van der Waals surface area contributed by atoms with Crippen molar-refractivity contribution in [3.8, 4) is 0 Å². The van der Waals surface area contributed by atoms with Crippen LogP contribution in [-0.4, -0.2) is 35.8 Å². The summed E-state index contributed by atoms with van der Waals surface area (Å²) in [7, 11) is -7.66. The molecule has 0 unspecified atom stereocenters. The third-order valence-electron chi connectivity index (χ3n) is 3.80. The van der Waals surface area contributed by atoms with Gasteiger partial charge in [-0.3, -0.25) is 4.79 Å². The molecule has 0 saturated heterocycles. The molecule has 0 fully saturated rings. The molecule has 8 nitrogen and oxygen atoms in total. The summed E-state index contributed by atoms with van der Waals surface area (Å²) in [6.07, 6.45) is 1.56. The number of unbranched alkanes of at least 4 members (excludes halogenated alkanes) is 1. The lowest BCUT2D eigenvalue weighted by atomic mass is 10.3. The fraction of sp³-hybridized carbons (Fsp3) is 0.353. The van der Waals surface area contributed by atoms with Crippen molar-refractivity contribution in [3.05, 3.63) is 41.0 Å². The van der Waals surface area contributed by atoms with Gasteiger partial charge in [-0.1, -0.05) is 13.3 Å². The number of amides is 1. The molecule has 3 N–H and O–H groups in total. The average molecular weight is 464 g/mol. The minimum atomic E-state index is -3.99. The first-order valence-corrected chi connectivity index (χ1v) is 12.5. The van der Waals surface area contributed by atoms with E-state index < -0.39 is 38.3 Å². The third-order valence-corrected chi connectivity index (χ3v) is 8.21. The number of thiophene rings is 1. The Morgan fingerprint density at radius 2 is 1.72 bits per heavy atom. The second kappa shape index (κ2) is 9.76. The maximum absolute atomic E-state index is 12.9. The molecule has 0 spiro atoms. The normalized spacial score (nSPS) is 12.1. The molecule has 0 radical (unpaired) electrons. The van der Waals surface area contributed by atoms with Gasteiger partial charge in [-0.15, -0.1) is 11.3 Å². The molecule has 0 saturated carbocycles. The molecule has 0 bridgehead atoms. The number of benzene rings is 1. The van der Waals surface area contributed by atoms with E-state index in [9.17, 15) is 26.0 Å². The zero-order valence-corrected chi connectivity index (χ0v) is 18.3. The van der Waals surface area contributed by atoms with Gasteiger partial charge in [0, 0.05) is 11.4 Å². The second-order valence-electron chi connectivity index (χ2n) is 6.11. The van der Waals surface area contributed by atoms with Gasteiger partial charge in [-0.05, 0) is 43.7 Å². The van der Waals surface area contributed by atoms with Crippen molar-refractivity contribution in [2.75, 3.05) is 18.4 Å². The predicted molar refractivity (Wildman–Crippen MR) is 109 cm³/mol. The van der Waals surface area contributed by atoms with Gasteiger partial charge >= 0.3 is 0 Å². The van der Waals surface area contributed by atoms with Crippen molar-refractivity contribution in [1.82, 2.24) is 9.44 Å². The van der Waals surface area contributed by atoms with E-state index in [0.29, 0.717) is 17.8 Å². The number of nitrogens with one attached hydrogen (secondary N) is 3. The first-order chi connectivity index (χ1) is 13.5. The first-order valence-electron chi connectivity index (χ1n) is 8.70. The Morgan fingerprint density at radius 1 is 1.07 bits per heavy atom. The summed E-state index contributed by atoms with van der Waals surface area (Å²) in [5.41, 5.74) is 0.289. The topological polar surface area (TPSA) is 121 Å². The average Bonchev–Trinajstić information content (AvgIpc) is 3.02. The van der Waals surface area contributed by atoms with Crippen molar-refractivity contribution in [3.63, 3.8) is 0 Å². The standard InChI is InChI=1S/C17H22FN3O5S3/c1-3-4-9-19-29(25,26)17-10-15(12(2)27-17)21-16(22)11-20-28(23,24)14-7-5-13(18)6-8-14/h5-8,10,19-20H,3-4,9,11H2,1-2H3,(H,21,22). The quantitative estimate of drug-likeness (QED) is 0.467. The molecule has 1 heterocycles. The van der Waals surface area contributed by atoms with Crippen molar-refractivity contribution < 1.29 is 26.0 Å². The Morgan fingerprint density at radius 3 is 2.34 bits per heavy atom. The molecular formula is C17H22FN3O5S3. The summed E-state index contributed by atoms with van der Waals surface area (Å²) in [5, 5.41) is 2.50. The molecule has 2 aromatic rings. The lowest BCUT2D eigenvalue weighted by molar-refractivity contribution is -0.115. The van der Waals surface area contributed by atoms with Crippen molar-refractivity contribution in [2.24, 2.45) is 0 Å². The number of anilines is 1. The zero-order valence-electron chi connectivity index (χ0n) is 15.9. The van der Waals surface area contributed by atoms with Crippen LogP contribution in [0.2, 0.25) is 0 Å². The van der Waals surface area contributed by atoms with Crippen LogP contribution >= 0.6 is 11.3 Å². The van der Waals surface area contributed by atoms with E-state index in [1.807, 2.05) is 6.92 Å². The van der Waals surface area contributed by atoms with Gasteiger partial charge < -0.3 is 5.32 Å². The molecule has 12 heteroatoms. The first kappa shape index (κ1) is 23.4. The summed E-state index contributed by atoms with van der Waals surface area (Å²) in [5.74, 6) is -1.25. The molecule has 1 aromatic carbocycles. The van der Waals surface area contributed by atoms with Crippen molar-refractivity contribution >= 4 is 43.0 Å². The summed E-state index contributed by atoms with van der Waals surface area (Å²) in [4.78, 5) is 12.5. The van der Waals surface area contributed by atoms with E-state index in [-0.39, 0.29) is 14.8 Å². The van der Waals surface area contributed by atoms with Gasteiger partial charge in [-0.2, -0.15) is 0 Å². The predicted octanol–water partition coefficient (Wildman–Crippen LogP) is 2.19. The molecular weight excluding hydrogens is 441 g/mol. The zero-order chi connectivity index (χ0) is 21.7. The Labute approximate surface area is 173 Å². The Balaban J connectivity index is 2.00. The van der Waals surface area contributed by atoms with Gasteiger partial charge in [0.2, 0.25) is 26.0 Å². The number of halogens is 1. The molecule has 0 aliphatic rings. The number of carbonyl (C=O) groups excluding carboxylic acids is 1. The van der Waals surface area contributed by atoms with E-state index in [2.05, 4.69) is 14.8 Å². The summed E-state index contributed by atoms with van der Waals surface area (Å²) >= 11 is 1.00. The molecule has 29 heavy (non-hydrogen) atoms. The van der Waals surface area contributed by atoms with E-state index in [1.54, 1.807) is 6.92 Å². The van der Waals surface area contributed by atoms with Crippen LogP contribution in [0, 0.1) is 12.7 Å². The van der Waals surface area contributed by atoms with Gasteiger partial charge in [0.15, 0.2) is 0 Å². The van der Waals surface area contributed by atoms with Crippen LogP contribution in [0.5, 0.6) is 0 Å². The van der Waals surface area contributed by atoms with Crippen LogP contribution < -0.4 is 14.8 Å². The van der Waals surface area contributed by atoms with E-state index in [0.717, 1.165) is 42.0 Å². The van der Waals surface area contributed by atoms with Crippen LogP contribution in [0.4, 0.5) is 10.1 Å². The maximum atomic E-state index is 12.9. The van der Waals surface area contributed by atoms with Crippen LogP contribution in [0.1, 0.15) is 24.6 Å². The SMILES string of the molecule is CCCCNS(=O)(=O)c1cc(NC(=O)CNS(=O)(=O)c2ccc(F)cc2)c(C)s1. The highest BCUT2D eigenvalue weighted by Crippen LogP contribution is 2.29. The maximum Gasteiger partial charge on any atom is 0.250 e. The smallest absolute Gasteiger partial charge is 0.250 e. The Hall–Kier alpha value is -1.86. The Bertz CT molecular complexity index is 1060. The summed E-state index contributed by atoms with van der Waals surface area (Å²) in [6.45, 7) is 3.35. The van der Waals surface area contributed by atoms with Gasteiger partial charge in [0.05, 0.1) is 17.1 Å². The number of rotatable bonds is 10.